The lowest BCUT2D eigenvalue weighted by atomic mass is 9.91. The number of phosphoric ester groups is 1. The Morgan fingerprint density at radius 2 is 0.521 bits per heavy atom. The van der Waals surface area contributed by atoms with Crippen LogP contribution in [0.25, 0.3) is 0 Å². The van der Waals surface area contributed by atoms with Gasteiger partial charge in [-0.15, -0.1) is 0 Å². The number of likely N-dealkylation sites (N-methyl/N-ethyl adjacent to an activating group) is 2. The van der Waals surface area contributed by atoms with Crippen LogP contribution in [0.3, 0.4) is 0 Å². The van der Waals surface area contributed by atoms with Gasteiger partial charge in [-0.3, -0.25) is 9.05 Å². The van der Waals surface area contributed by atoms with Crippen LogP contribution in [0.2, 0.25) is 0 Å². The minimum Gasteiger partial charge on any atom is -0.302 e. The van der Waals surface area contributed by atoms with Crippen LogP contribution in [0.4, 0.5) is 158 Å². The summed E-state index contributed by atoms with van der Waals surface area (Å²) in [7, 11) is -24.4. The highest BCUT2D eigenvalue weighted by atomic mass is 32.2. The molecule has 0 rings (SSSR count). The molecule has 10 nitrogen and oxygen atoms in total. The first-order chi connectivity index (χ1) is 31.0. The zero-order valence-electron chi connectivity index (χ0n) is 33.3. The molecule has 0 saturated heterocycles. The van der Waals surface area contributed by atoms with Gasteiger partial charge in [0.1, 0.15) is 26.3 Å². The maximum atomic E-state index is 15.3. The Balaban J connectivity index is 6.87. The molecule has 73 heavy (non-hydrogen) atoms. The highest BCUT2D eigenvalue weighted by molar-refractivity contribution is 7.87. The molecule has 0 aliphatic carbocycles. The average Bonchev–Trinajstić information content (AvgIpc) is 3.18. The van der Waals surface area contributed by atoms with E-state index in [-0.39, 0.29) is 13.8 Å². The van der Waals surface area contributed by atoms with Crippen molar-refractivity contribution in [3.05, 3.63) is 0 Å². The van der Waals surface area contributed by atoms with Gasteiger partial charge in [0, 0.05) is 8.96 Å². The smallest absolute Gasteiger partial charge is 0.302 e. The van der Waals surface area contributed by atoms with Crippen LogP contribution in [0.15, 0.2) is 0 Å². The Bertz CT molecular complexity index is 2120. The van der Waals surface area contributed by atoms with Gasteiger partial charge >= 0.3 is 122 Å². The zero-order valence-corrected chi connectivity index (χ0v) is 35.8. The predicted molar refractivity (Wildman–Crippen MR) is 154 cm³/mol. The number of phosphoric acid groups is 1. The summed E-state index contributed by atoms with van der Waals surface area (Å²) in [6.45, 7) is -17.6. The molecular formula is C24H19F36N2O8PS2+2. The van der Waals surface area contributed by atoms with Crippen molar-refractivity contribution in [3.63, 3.8) is 0 Å². The number of rotatable bonds is 26. The minimum absolute atomic E-state index is 0.269. The third-order valence-corrected chi connectivity index (χ3v) is 14.6. The number of quaternary nitrogens is 2. The van der Waals surface area contributed by atoms with Crippen molar-refractivity contribution >= 4 is 27.9 Å². The Morgan fingerprint density at radius 1 is 0.356 bits per heavy atom. The summed E-state index contributed by atoms with van der Waals surface area (Å²) in [5, 5.41) is -17.2. The van der Waals surface area contributed by atoms with E-state index in [0.717, 1.165) is 0 Å². The monoisotopic (exact) mass is 1240 g/mol. The van der Waals surface area contributed by atoms with E-state index in [1.807, 2.05) is 0 Å². The quantitative estimate of drug-likeness (QED) is 0.0516. The Morgan fingerprint density at radius 3 is 0.685 bits per heavy atom. The van der Waals surface area contributed by atoms with Crippen LogP contribution < -0.4 is 0 Å². The highest BCUT2D eigenvalue weighted by Gasteiger charge is 2.99. The molecule has 2 atom stereocenters. The van der Waals surface area contributed by atoms with Crippen LogP contribution in [-0.2, 0) is 33.7 Å². The molecule has 0 aromatic rings. The maximum Gasteiger partial charge on any atom is 0.472 e. The van der Waals surface area contributed by atoms with Crippen LogP contribution in [0.1, 0.15) is 13.8 Å². The third kappa shape index (κ3) is 9.58. The van der Waals surface area contributed by atoms with E-state index in [2.05, 4.69) is 9.05 Å². The van der Waals surface area contributed by atoms with E-state index < -0.39 is 169 Å². The van der Waals surface area contributed by atoms with Gasteiger partial charge in [-0.05, 0) is 22.1 Å². The summed E-state index contributed by atoms with van der Waals surface area (Å²) in [6, 6.07) is 0. The van der Waals surface area contributed by atoms with Crippen molar-refractivity contribution in [2.45, 2.75) is 108 Å². The van der Waals surface area contributed by atoms with E-state index in [0.29, 0.717) is 0 Å². The Hall–Kier alpha value is -2.59. The lowest BCUT2D eigenvalue weighted by molar-refractivity contribution is -0.950. The predicted octanol–water partition coefficient (Wildman–Crippen LogP) is 11.2. The minimum atomic E-state index is -9.42. The zero-order chi connectivity index (χ0) is 60.2. The van der Waals surface area contributed by atoms with Crippen molar-refractivity contribution < 1.29 is 202 Å². The van der Waals surface area contributed by atoms with Gasteiger partial charge in [-0.2, -0.15) is 166 Å². The number of alkyl halides is 34. The molecule has 0 saturated carbocycles. The number of halogens is 36. The summed E-state index contributed by atoms with van der Waals surface area (Å²) in [4.78, 5) is 9.47. The first-order valence-electron chi connectivity index (χ1n) is 16.7. The van der Waals surface area contributed by atoms with Crippen molar-refractivity contribution in [2.24, 2.45) is 0 Å². The van der Waals surface area contributed by atoms with Crippen LogP contribution in [0.5, 0.6) is 0 Å². The first kappa shape index (κ1) is 70.4. The van der Waals surface area contributed by atoms with Crippen molar-refractivity contribution in [1.82, 2.24) is 0 Å². The number of hydrogen-bond donors (Lipinski definition) is 1. The molecule has 49 heteroatoms. The molecular weight excluding hydrogens is 1220 g/mol. The van der Waals surface area contributed by atoms with Crippen molar-refractivity contribution in [2.75, 3.05) is 39.4 Å². The van der Waals surface area contributed by atoms with Gasteiger partial charge < -0.3 is 4.89 Å². The molecule has 0 heterocycles. The summed E-state index contributed by atoms with van der Waals surface area (Å²) < 4.78 is 551. The van der Waals surface area contributed by atoms with Crippen molar-refractivity contribution in [3.8, 4) is 0 Å². The molecule has 1 N–H and O–H groups in total. The molecule has 0 bridgehead atoms. The molecule has 0 aliphatic rings. The molecule has 0 aromatic heterocycles. The number of sulfonamides is 2. The molecule has 0 radical (unpaired) electrons. The maximum absolute atomic E-state index is 15.3. The second kappa shape index (κ2) is 18.8. The molecule has 0 spiro atoms. The van der Waals surface area contributed by atoms with E-state index in [9.17, 15) is 176 Å². The Kier molecular flexibility index (Phi) is 18.1. The average molecular weight is 1240 g/mol. The fraction of sp³-hybridized carbons (Fsp3) is 1.00. The topological polar surface area (TPSA) is 124 Å². The van der Waals surface area contributed by atoms with Gasteiger partial charge in [-0.1, -0.05) is 0 Å². The van der Waals surface area contributed by atoms with Crippen LogP contribution in [-0.4, -0.2) is 163 Å². The number of hydrogen-bond acceptors (Lipinski definition) is 7. The fourth-order valence-corrected chi connectivity index (χ4v) is 8.29. The first-order valence-corrected chi connectivity index (χ1v) is 21.1. The van der Waals surface area contributed by atoms with E-state index in [1.165, 1.54) is 0 Å². The molecule has 0 aromatic carbocycles. The van der Waals surface area contributed by atoms with Crippen LogP contribution in [0, 0.1) is 0 Å². The molecule has 440 valence electrons. The van der Waals surface area contributed by atoms with Gasteiger partial charge in [0.15, 0.2) is 13.1 Å². The lowest BCUT2D eigenvalue weighted by Gasteiger charge is -2.42. The van der Waals surface area contributed by atoms with Crippen molar-refractivity contribution in [1.29, 1.82) is 0 Å². The standard InChI is InChI=1S/C24H18F36N2O8PS2/c1-3-61(59,72(65,66)23(55,56)19(45,46)15(37,38)11(29,30)9(25,26)13(33,34)17(41,42)21(49,50)51)5-7-69-71(63,64)70-8-6-62(60,4-2)73(67,68)24(57,58)20(47,48)16(39,40)12(31,32)10(27,28)14(35,36)18(43,44)22(52,53)54/h3-8H2,1-2H3/q+1/p+1. The summed E-state index contributed by atoms with van der Waals surface area (Å²) in [6.07, 6.45) is -16.4. The second-order valence-corrected chi connectivity index (χ2v) is 19.4. The van der Waals surface area contributed by atoms with E-state index in [4.69, 9.17) is 0 Å². The van der Waals surface area contributed by atoms with E-state index in [1.54, 1.807) is 0 Å². The summed E-state index contributed by atoms with van der Waals surface area (Å²) >= 11 is 0. The lowest BCUT2D eigenvalue weighted by Crippen LogP contribution is -2.75. The highest BCUT2D eigenvalue weighted by Crippen LogP contribution is 2.67. The second-order valence-electron chi connectivity index (χ2n) is 13.7. The van der Waals surface area contributed by atoms with Gasteiger partial charge in [0.05, 0.1) is 0 Å². The van der Waals surface area contributed by atoms with Gasteiger partial charge in [0.2, 0.25) is 0 Å². The molecule has 2 unspecified atom stereocenters. The SMILES string of the molecule is CC[N+](F)(CCOP(=O)(O)OCC[N+](F)(CC)S(=O)(=O)C(F)(F)C(F)(F)C(F)(F)C(F)(F)C(F)(F)C(F)(F)C(F)(F)C(F)(F)F)S(=O)(=O)C(F)(F)C(F)(F)C(F)(F)C(F)(F)C(F)(F)C(F)(F)C(F)(F)C(F)(F)F. The summed E-state index contributed by atoms with van der Waals surface area (Å²) in [5.74, 6) is -110. The normalized spacial score (nSPS) is 18.8. The fourth-order valence-electron chi connectivity index (χ4n) is 4.55. The molecule has 0 aliphatic heterocycles. The Labute approximate surface area is 377 Å². The van der Waals surface area contributed by atoms with Gasteiger partial charge in [0.25, 0.3) is 0 Å². The number of nitrogens with zero attached hydrogens (tertiary/aromatic N) is 2. The molecule has 0 amide bonds. The van der Waals surface area contributed by atoms with Gasteiger partial charge in [-0.25, -0.2) is 4.57 Å². The van der Waals surface area contributed by atoms with E-state index >= 15 is 8.96 Å². The van der Waals surface area contributed by atoms with Crippen LogP contribution >= 0.6 is 7.82 Å². The molecule has 0 fully saturated rings. The third-order valence-electron chi connectivity index (χ3n) is 9.20. The largest absolute Gasteiger partial charge is 0.472 e. The summed E-state index contributed by atoms with van der Waals surface area (Å²) in [5.41, 5.74) is 0.